The maximum absolute atomic E-state index is 13.2. The number of rotatable bonds is 3. The van der Waals surface area contributed by atoms with Crippen molar-refractivity contribution in [1.29, 1.82) is 0 Å². The fraction of sp³-hybridized carbons (Fsp3) is 0.769. The molecule has 4 heteroatoms. The quantitative estimate of drug-likeness (QED) is 0.342. The zero-order valence-corrected chi connectivity index (χ0v) is 19.4. The van der Waals surface area contributed by atoms with Crippen LogP contribution in [0.2, 0.25) is 0 Å². The molecule has 0 aromatic heterocycles. The van der Waals surface area contributed by atoms with Gasteiger partial charge in [-0.25, -0.2) is 4.79 Å². The third kappa shape index (κ3) is 3.00. The van der Waals surface area contributed by atoms with Gasteiger partial charge in [0.2, 0.25) is 0 Å². The Kier molecular flexibility index (Phi) is 5.22. The first-order valence-corrected chi connectivity index (χ1v) is 11.7. The molecular formula is C26H38O4. The smallest absolute Gasteiger partial charge is 0.330 e. The minimum absolute atomic E-state index is 0.0657. The van der Waals surface area contributed by atoms with Crippen LogP contribution < -0.4 is 0 Å². The minimum Gasteiger partial charge on any atom is -0.468 e. The van der Waals surface area contributed by atoms with Crippen molar-refractivity contribution in [2.24, 2.45) is 34.0 Å². The van der Waals surface area contributed by atoms with E-state index in [1.807, 2.05) is 20.8 Å². The Morgan fingerprint density at radius 3 is 2.47 bits per heavy atom. The lowest BCUT2D eigenvalue weighted by atomic mass is 9.40. The Morgan fingerprint density at radius 2 is 1.80 bits per heavy atom. The van der Waals surface area contributed by atoms with E-state index >= 15 is 0 Å². The van der Waals surface area contributed by atoms with Crippen molar-refractivity contribution in [1.82, 2.24) is 0 Å². The molecule has 4 saturated carbocycles. The van der Waals surface area contributed by atoms with Gasteiger partial charge in [-0.15, -0.1) is 0 Å². The summed E-state index contributed by atoms with van der Waals surface area (Å²) in [7, 11) is 1.46. The predicted octanol–water partition coefficient (Wildman–Crippen LogP) is 5.62. The van der Waals surface area contributed by atoms with E-state index in [1.54, 1.807) is 0 Å². The molecule has 4 aliphatic rings. The van der Waals surface area contributed by atoms with Crippen molar-refractivity contribution in [3.8, 4) is 0 Å². The number of carbonyl (C=O) groups is 2. The van der Waals surface area contributed by atoms with Crippen molar-refractivity contribution in [3.63, 3.8) is 0 Å². The van der Waals surface area contributed by atoms with E-state index < -0.39 is 11.5 Å². The van der Waals surface area contributed by atoms with Crippen LogP contribution in [-0.2, 0) is 19.1 Å². The molecule has 4 aliphatic carbocycles. The second kappa shape index (κ2) is 7.24. The fourth-order valence-electron chi connectivity index (χ4n) is 8.33. The maximum Gasteiger partial charge on any atom is 0.330 e. The molecule has 0 N–H and O–H groups in total. The molecular weight excluding hydrogens is 376 g/mol. The van der Waals surface area contributed by atoms with Gasteiger partial charge >= 0.3 is 11.9 Å². The third-order valence-corrected chi connectivity index (χ3v) is 9.50. The first kappa shape index (κ1) is 21.6. The fourth-order valence-corrected chi connectivity index (χ4v) is 8.33. The molecule has 166 valence electrons. The van der Waals surface area contributed by atoms with Gasteiger partial charge in [-0.1, -0.05) is 24.6 Å². The van der Waals surface area contributed by atoms with E-state index in [1.165, 1.54) is 44.4 Å². The molecule has 4 fully saturated rings. The topological polar surface area (TPSA) is 52.6 Å². The van der Waals surface area contributed by atoms with Crippen LogP contribution in [0.1, 0.15) is 79.1 Å². The van der Waals surface area contributed by atoms with Crippen LogP contribution in [-0.4, -0.2) is 25.2 Å². The van der Waals surface area contributed by atoms with Gasteiger partial charge in [0.25, 0.3) is 0 Å². The Balaban J connectivity index is 1.69. The van der Waals surface area contributed by atoms with E-state index in [0.717, 1.165) is 31.3 Å². The summed E-state index contributed by atoms with van der Waals surface area (Å²) < 4.78 is 11.2. The molecule has 1 spiro atoms. The number of allylic oxidation sites excluding steroid dienone is 2. The third-order valence-electron chi connectivity index (χ3n) is 9.50. The summed E-state index contributed by atoms with van der Waals surface area (Å²) in [4.78, 5) is 25.7. The highest BCUT2D eigenvalue weighted by Gasteiger charge is 2.68. The molecule has 0 unspecified atom stereocenters. The first-order chi connectivity index (χ1) is 14.1. The SMILES string of the molecule is C=C1C[C@@]23CC[C@H]4[C@@](C)(CC[C@@H](OC(=O)C=C(C)C)[C@@]4(C)C(=O)OC)[C@@H]2CC[C@@H]1C3. The van der Waals surface area contributed by atoms with Crippen molar-refractivity contribution in [2.75, 3.05) is 7.11 Å². The lowest BCUT2D eigenvalue weighted by Crippen LogP contribution is -2.63. The Bertz CT molecular complexity index is 793. The van der Waals surface area contributed by atoms with Gasteiger partial charge in [0.05, 0.1) is 7.11 Å². The van der Waals surface area contributed by atoms with Crippen LogP contribution in [0.4, 0.5) is 0 Å². The van der Waals surface area contributed by atoms with E-state index in [0.29, 0.717) is 17.3 Å². The standard InChI is InChI=1S/C26H38O4/c1-16(2)13-22(27)30-21-10-11-24(4)19(25(21,5)23(28)29-6)9-12-26-14-17(3)18(15-26)7-8-20(24)26/h13,18-21H,3,7-12,14-15H2,1-2,4-6H3/t18-,19+,20+,21-,24-,25+,26-/m1/s1. The summed E-state index contributed by atoms with van der Waals surface area (Å²) in [5.74, 6) is 0.900. The van der Waals surface area contributed by atoms with Gasteiger partial charge in [-0.05, 0) is 101 Å². The average Bonchev–Trinajstić information content (AvgIpc) is 2.91. The van der Waals surface area contributed by atoms with E-state index in [4.69, 9.17) is 9.47 Å². The van der Waals surface area contributed by atoms with Gasteiger partial charge in [0.1, 0.15) is 11.5 Å². The average molecular weight is 415 g/mol. The second-order valence-corrected chi connectivity index (χ2v) is 11.3. The van der Waals surface area contributed by atoms with Gasteiger partial charge in [-0.2, -0.15) is 0 Å². The van der Waals surface area contributed by atoms with Crippen molar-refractivity contribution in [2.45, 2.75) is 85.2 Å². The highest BCUT2D eigenvalue weighted by atomic mass is 16.6. The molecule has 0 aliphatic heterocycles. The molecule has 30 heavy (non-hydrogen) atoms. The van der Waals surface area contributed by atoms with Crippen molar-refractivity contribution < 1.29 is 19.1 Å². The summed E-state index contributed by atoms with van der Waals surface area (Å²) in [6.07, 6.45) is 9.87. The summed E-state index contributed by atoms with van der Waals surface area (Å²) in [6.45, 7) is 12.6. The van der Waals surface area contributed by atoms with Gasteiger partial charge < -0.3 is 9.47 Å². The number of ether oxygens (including phenoxy) is 2. The normalized spacial score (nSPS) is 44.5. The van der Waals surface area contributed by atoms with Crippen LogP contribution in [0.3, 0.4) is 0 Å². The zero-order valence-electron chi connectivity index (χ0n) is 19.4. The summed E-state index contributed by atoms with van der Waals surface area (Å²) >= 11 is 0. The number of hydrogen-bond acceptors (Lipinski definition) is 4. The van der Waals surface area contributed by atoms with Gasteiger partial charge in [-0.3, -0.25) is 4.79 Å². The molecule has 2 bridgehead atoms. The largest absolute Gasteiger partial charge is 0.468 e. The van der Waals surface area contributed by atoms with Crippen LogP contribution in [0.5, 0.6) is 0 Å². The number of methoxy groups -OCH3 is 1. The lowest BCUT2D eigenvalue weighted by Gasteiger charge is -2.64. The molecule has 0 saturated heterocycles. The van der Waals surface area contributed by atoms with Crippen LogP contribution >= 0.6 is 0 Å². The Hall–Kier alpha value is -1.58. The molecule has 4 rings (SSSR count). The van der Waals surface area contributed by atoms with Crippen LogP contribution in [0.25, 0.3) is 0 Å². The molecule has 0 radical (unpaired) electrons. The molecule has 0 aromatic carbocycles. The monoisotopic (exact) mass is 414 g/mol. The van der Waals surface area contributed by atoms with Gasteiger partial charge in [0.15, 0.2) is 0 Å². The molecule has 7 atom stereocenters. The number of carbonyl (C=O) groups excluding carboxylic acids is 2. The van der Waals surface area contributed by atoms with E-state index in [2.05, 4.69) is 13.5 Å². The predicted molar refractivity (Wildman–Crippen MR) is 117 cm³/mol. The van der Waals surface area contributed by atoms with Gasteiger partial charge in [0, 0.05) is 6.08 Å². The second-order valence-electron chi connectivity index (χ2n) is 11.3. The summed E-state index contributed by atoms with van der Waals surface area (Å²) in [6, 6.07) is 0. The molecule has 4 nitrogen and oxygen atoms in total. The highest BCUT2D eigenvalue weighted by Crippen LogP contribution is 2.72. The summed E-state index contributed by atoms with van der Waals surface area (Å²) in [5.41, 5.74) is 1.99. The van der Waals surface area contributed by atoms with Crippen molar-refractivity contribution >= 4 is 11.9 Å². The van der Waals surface area contributed by atoms with E-state index in [-0.39, 0.29) is 23.3 Å². The Morgan fingerprint density at radius 1 is 1.07 bits per heavy atom. The first-order valence-electron chi connectivity index (χ1n) is 11.7. The molecule has 0 aromatic rings. The molecule has 0 amide bonds. The van der Waals surface area contributed by atoms with Crippen molar-refractivity contribution in [3.05, 3.63) is 23.8 Å². The number of esters is 2. The zero-order chi connectivity index (χ0) is 21.9. The Labute approximate surface area is 181 Å². The maximum atomic E-state index is 13.2. The lowest BCUT2D eigenvalue weighted by molar-refractivity contribution is -0.213. The van der Waals surface area contributed by atoms with Crippen LogP contribution in [0.15, 0.2) is 23.8 Å². The molecule has 0 heterocycles. The highest BCUT2D eigenvalue weighted by molar-refractivity contribution is 5.84. The number of fused-ring (bicyclic) bond motifs is 3. The summed E-state index contributed by atoms with van der Waals surface area (Å²) in [5, 5.41) is 0. The van der Waals surface area contributed by atoms with E-state index in [9.17, 15) is 9.59 Å². The minimum atomic E-state index is -0.805. The van der Waals surface area contributed by atoms with Crippen LogP contribution in [0, 0.1) is 34.0 Å². The number of hydrogen-bond donors (Lipinski definition) is 0.